The quantitative estimate of drug-likeness (QED) is 0.103. The van der Waals surface area contributed by atoms with Crippen molar-refractivity contribution < 1.29 is 75.3 Å². The molecule has 1 aromatic heterocycles. The number of para-hydroxylation sites is 1. The third kappa shape index (κ3) is 7.25. The van der Waals surface area contributed by atoms with Crippen LogP contribution in [0.25, 0.3) is 11.4 Å². The molecule has 0 amide bonds. The first-order chi connectivity index (χ1) is 21.4. The number of aliphatic carboxylic acids is 1. The number of hydrogen-bond acceptors (Lipinski definition) is 7. The van der Waals surface area contributed by atoms with Gasteiger partial charge < -0.3 is 29.6 Å². The number of carboxylic acids is 1. The summed E-state index contributed by atoms with van der Waals surface area (Å²) in [5.74, 6) is 0.471. The van der Waals surface area contributed by atoms with Gasteiger partial charge in [-0.1, -0.05) is 54.6 Å². The summed E-state index contributed by atoms with van der Waals surface area (Å²) in [5.41, 5.74) is 5.47. The van der Waals surface area contributed by atoms with Crippen molar-refractivity contribution in [2.24, 2.45) is 0 Å². The van der Waals surface area contributed by atoms with Gasteiger partial charge in [0.05, 0.1) is 18.1 Å². The molecule has 0 radical (unpaired) electrons. The minimum absolute atomic E-state index is 0. The van der Waals surface area contributed by atoms with E-state index in [1.54, 1.807) is 7.11 Å². The van der Waals surface area contributed by atoms with Crippen molar-refractivity contribution in [3.63, 3.8) is 0 Å². The molecule has 2 N–H and O–H groups in total. The molecule has 4 aromatic carbocycles. The number of methoxy groups -OCH3 is 1. The molecule has 0 saturated heterocycles. The molecule has 0 saturated carbocycles. The van der Waals surface area contributed by atoms with Crippen LogP contribution in [0.1, 0.15) is 29.5 Å². The second kappa shape index (κ2) is 14.9. The molecule has 1 aliphatic rings. The number of nitrogens with one attached hydrogen (secondary N) is 2. The van der Waals surface area contributed by atoms with Gasteiger partial charge in [0, 0.05) is 50.0 Å². The Balaban J connectivity index is 0.00000400. The van der Waals surface area contributed by atoms with Crippen LogP contribution in [0, 0.1) is 11.7 Å². The van der Waals surface area contributed by atoms with E-state index in [0.717, 1.165) is 39.7 Å². The van der Waals surface area contributed by atoms with Gasteiger partial charge in [0.15, 0.2) is 6.73 Å². The van der Waals surface area contributed by atoms with Crippen LogP contribution < -0.4 is 76.0 Å². The van der Waals surface area contributed by atoms with E-state index in [-0.39, 0.29) is 64.5 Å². The number of hydrogen-bond donors (Lipinski definition) is 2. The molecule has 1 aliphatic heterocycles. The molecule has 2 heterocycles. The number of H-pyrrole nitrogens is 1. The smallest absolute Gasteiger partial charge is 0.548 e. The number of fused-ring (bicyclic) bond motifs is 1. The van der Waals surface area contributed by atoms with Crippen LogP contribution in [-0.4, -0.2) is 35.6 Å². The van der Waals surface area contributed by atoms with Crippen molar-refractivity contribution in [1.82, 2.24) is 9.78 Å². The van der Waals surface area contributed by atoms with E-state index >= 15 is 0 Å². The summed E-state index contributed by atoms with van der Waals surface area (Å²) in [6.07, 6.45) is -0.126. The fourth-order valence-corrected chi connectivity index (χ4v) is 6.08. The van der Waals surface area contributed by atoms with E-state index < -0.39 is 18.1 Å². The number of rotatable bonds is 10. The second-order valence-corrected chi connectivity index (χ2v) is 11.0. The molecule has 0 aliphatic carbocycles. The summed E-state index contributed by atoms with van der Waals surface area (Å²) in [6.45, 7) is 2.68. The van der Waals surface area contributed by atoms with Gasteiger partial charge in [-0.15, -0.1) is 9.78 Å². The Kier molecular flexibility index (Phi) is 10.9. The average Bonchev–Trinajstić information content (AvgIpc) is 3.35. The summed E-state index contributed by atoms with van der Waals surface area (Å²) in [7, 11) is 1.59. The van der Waals surface area contributed by atoms with E-state index in [4.69, 9.17) is 21.7 Å². The zero-order valence-corrected chi connectivity index (χ0v) is 29.4. The number of anilines is 2. The van der Waals surface area contributed by atoms with Gasteiger partial charge >= 0.3 is 56.2 Å². The van der Waals surface area contributed by atoms with Crippen LogP contribution in [-0.2, 0) is 16.1 Å². The number of nitrogens with zero attached hydrogens (tertiary/aromatic N) is 3. The maximum absolute atomic E-state index is 12.1. The van der Waals surface area contributed by atoms with E-state index in [1.807, 2.05) is 124 Å². The van der Waals surface area contributed by atoms with Crippen LogP contribution in [0.4, 0.5) is 11.4 Å². The molecule has 224 valence electrons. The van der Waals surface area contributed by atoms with E-state index in [0.29, 0.717) is 17.1 Å². The number of benzene rings is 4. The zero-order chi connectivity index (χ0) is 30.6. The summed E-state index contributed by atoms with van der Waals surface area (Å²) < 4.78 is 16.4. The van der Waals surface area contributed by atoms with Crippen LogP contribution in [0.5, 0.6) is 5.75 Å². The summed E-state index contributed by atoms with van der Waals surface area (Å²) >= 11 is 5.66. The molecule has 2 atom stereocenters. The van der Waals surface area contributed by atoms with Crippen molar-refractivity contribution in [1.29, 1.82) is 0 Å². The third-order valence-electron chi connectivity index (χ3n) is 7.91. The molecule has 0 fully saturated rings. The van der Waals surface area contributed by atoms with Gasteiger partial charge in [-0.3, -0.25) is 0 Å². The predicted octanol–water partition coefficient (Wildman–Crippen LogP) is 1.79. The first-order valence-electron chi connectivity index (χ1n) is 14.4. The molecule has 45 heavy (non-hydrogen) atoms. The topological polar surface area (TPSA) is 98.5 Å². The number of ether oxygens (including phenoxy) is 2. The first-order valence-corrected chi connectivity index (χ1v) is 14.8. The maximum Gasteiger partial charge on any atom is 1.00 e. The maximum atomic E-state index is 12.1. The van der Waals surface area contributed by atoms with Gasteiger partial charge in [-0.05, 0) is 60.2 Å². The van der Waals surface area contributed by atoms with Gasteiger partial charge in [0.2, 0.25) is 5.82 Å². The molecular formula is C34H33KN5O4S+. The molecular weight excluding hydrogens is 614 g/mol. The normalized spacial score (nSPS) is 15.6. The van der Waals surface area contributed by atoms with Gasteiger partial charge in [-0.2, -0.15) is 4.57 Å². The first kappa shape index (κ1) is 33.1. The van der Waals surface area contributed by atoms with Crippen molar-refractivity contribution in [3.8, 4) is 17.1 Å². The van der Waals surface area contributed by atoms with Gasteiger partial charge in [-0.25, -0.2) is 0 Å². The molecule has 0 spiro atoms. The minimum Gasteiger partial charge on any atom is -0.548 e. The number of carboxylic acid groups (broad SMARTS) is 1. The van der Waals surface area contributed by atoms with Crippen LogP contribution in [0.3, 0.4) is 0 Å². The Morgan fingerprint density at radius 1 is 1.02 bits per heavy atom. The zero-order valence-electron chi connectivity index (χ0n) is 25.5. The summed E-state index contributed by atoms with van der Waals surface area (Å²) in [5, 5.41) is 18.7. The third-order valence-corrected chi connectivity index (χ3v) is 8.19. The SMILES string of the molecule is COC1CC(C(=O)[O-])N(Cc2ccccc2)c2ccc(OCNc3cccc(-[n+]4c(C)n(-c5ccccc5)[nH]c4=S)c3)cc21.[K+]. The molecule has 2 unspecified atom stereocenters. The number of aromatic nitrogens is 3. The number of aromatic amines is 1. The Morgan fingerprint density at radius 2 is 1.76 bits per heavy atom. The van der Waals surface area contributed by atoms with Crippen LogP contribution >= 0.6 is 12.2 Å². The Labute approximate surface area is 309 Å². The van der Waals surface area contributed by atoms with Crippen molar-refractivity contribution >= 4 is 29.6 Å². The minimum atomic E-state index is -1.12. The van der Waals surface area contributed by atoms with E-state index in [2.05, 4.69) is 10.4 Å². The van der Waals surface area contributed by atoms with Crippen molar-refractivity contribution in [3.05, 3.63) is 125 Å². The molecule has 0 bridgehead atoms. The number of carbonyl (C=O) groups is 1. The largest absolute Gasteiger partial charge is 1.00 e. The van der Waals surface area contributed by atoms with Crippen molar-refractivity contribution in [2.45, 2.75) is 32.0 Å². The molecule has 11 heteroatoms. The Hall–Kier alpha value is -3.29. The monoisotopic (exact) mass is 646 g/mol. The van der Waals surface area contributed by atoms with Gasteiger partial charge in [0.1, 0.15) is 17.1 Å². The van der Waals surface area contributed by atoms with Crippen LogP contribution in [0.15, 0.2) is 103 Å². The van der Waals surface area contributed by atoms with Gasteiger partial charge in [0.25, 0.3) is 0 Å². The van der Waals surface area contributed by atoms with Crippen molar-refractivity contribution in [2.75, 3.05) is 24.1 Å². The predicted molar refractivity (Wildman–Crippen MR) is 169 cm³/mol. The molecule has 5 aromatic rings. The number of carbonyl (C=O) groups excluding carboxylic acids is 1. The fraction of sp³-hybridized carbons (Fsp3) is 0.206. The van der Waals surface area contributed by atoms with Crippen LogP contribution in [0.2, 0.25) is 0 Å². The average molecular weight is 647 g/mol. The van der Waals surface area contributed by atoms with E-state index in [9.17, 15) is 9.90 Å². The summed E-state index contributed by atoms with van der Waals surface area (Å²) in [4.78, 5) is 14.0. The standard InChI is InChI=1S/C34H33N5O4S.K/c1-23-38(34(44)36-39(23)26-13-7-4-8-14-26)27-15-9-12-25(18-27)35-22-43-28-16-17-30-29(19-28)32(42-2)20-31(33(40)41)37(30)21-24-10-5-3-6-11-24;/h3-19,31-32,35H,20-22H2,1-2H3,(H-,36,40,41,44);/q;+1. The Bertz CT molecular complexity index is 1830. The Morgan fingerprint density at radius 3 is 2.47 bits per heavy atom. The second-order valence-electron chi connectivity index (χ2n) is 10.6. The molecule has 6 rings (SSSR count). The van der Waals surface area contributed by atoms with E-state index in [1.165, 1.54) is 0 Å². The fourth-order valence-electron chi connectivity index (χ4n) is 5.75. The molecule has 9 nitrogen and oxygen atoms in total. The summed E-state index contributed by atoms with van der Waals surface area (Å²) in [6, 6.07) is 32.6.